The molecule has 262 valence electrons. The lowest BCUT2D eigenvalue weighted by Crippen LogP contribution is -2.37. The van der Waals surface area contributed by atoms with E-state index in [9.17, 15) is 19.0 Å². The number of rotatable bonds is 31. The Balaban J connectivity index is 4.65. The van der Waals surface area contributed by atoms with Crippen LogP contribution in [-0.4, -0.2) is 70.0 Å². The summed E-state index contributed by atoms with van der Waals surface area (Å²) in [5.74, 6) is -1.06. The van der Waals surface area contributed by atoms with Gasteiger partial charge in [0.2, 0.25) is 0 Å². The Morgan fingerprint density at radius 2 is 1.16 bits per heavy atom. The van der Waals surface area contributed by atoms with E-state index in [-0.39, 0.29) is 31.5 Å². The van der Waals surface area contributed by atoms with Gasteiger partial charge in [-0.05, 0) is 19.3 Å². The molecule has 0 aliphatic rings. The summed E-state index contributed by atoms with van der Waals surface area (Å²) in [5.41, 5.74) is 0. The van der Waals surface area contributed by atoms with Gasteiger partial charge in [-0.25, -0.2) is 0 Å². The minimum atomic E-state index is -4.62. The molecule has 0 aromatic rings. The van der Waals surface area contributed by atoms with Crippen LogP contribution in [0, 0.1) is 5.92 Å². The summed E-state index contributed by atoms with van der Waals surface area (Å²) in [6, 6.07) is 0. The highest BCUT2D eigenvalue weighted by molar-refractivity contribution is 7.45. The van der Waals surface area contributed by atoms with Crippen LogP contribution in [-0.2, 0) is 32.7 Å². The van der Waals surface area contributed by atoms with E-state index in [1.165, 1.54) is 64.2 Å². The van der Waals surface area contributed by atoms with Crippen LogP contribution in [0.25, 0.3) is 0 Å². The van der Waals surface area contributed by atoms with Gasteiger partial charge in [-0.15, -0.1) is 0 Å². The van der Waals surface area contributed by atoms with Crippen LogP contribution >= 0.6 is 7.82 Å². The number of phosphoric acid groups is 1. The van der Waals surface area contributed by atoms with Crippen molar-refractivity contribution in [1.82, 2.24) is 0 Å². The Morgan fingerprint density at radius 3 is 1.64 bits per heavy atom. The molecular formula is C34H68NO8P. The second-order valence-electron chi connectivity index (χ2n) is 13.3. The van der Waals surface area contributed by atoms with E-state index in [2.05, 4.69) is 20.8 Å². The second-order valence-corrected chi connectivity index (χ2v) is 14.7. The lowest BCUT2D eigenvalue weighted by Gasteiger charge is -2.28. The fraction of sp³-hybridized carbons (Fsp3) is 0.941. The van der Waals surface area contributed by atoms with Crippen LogP contribution in [0.1, 0.15) is 149 Å². The van der Waals surface area contributed by atoms with Gasteiger partial charge in [0.25, 0.3) is 7.82 Å². The number of nitrogens with zero attached hydrogens (tertiary/aromatic N) is 1. The number of quaternary nitrogens is 1. The van der Waals surface area contributed by atoms with Gasteiger partial charge in [0.05, 0.1) is 33.7 Å². The molecule has 0 aliphatic heterocycles. The van der Waals surface area contributed by atoms with Crippen molar-refractivity contribution >= 4 is 19.8 Å². The van der Waals surface area contributed by atoms with E-state index in [4.69, 9.17) is 18.5 Å². The van der Waals surface area contributed by atoms with Crippen molar-refractivity contribution in [2.24, 2.45) is 5.92 Å². The molecule has 0 rings (SSSR count). The van der Waals surface area contributed by atoms with Crippen molar-refractivity contribution in [1.29, 1.82) is 0 Å². The summed E-state index contributed by atoms with van der Waals surface area (Å²) >= 11 is 0. The Bertz CT molecular complexity index is 750. The van der Waals surface area contributed by atoms with E-state index in [0.717, 1.165) is 44.9 Å². The molecule has 0 saturated heterocycles. The Kier molecular flexibility index (Phi) is 26.5. The molecule has 1 unspecified atom stereocenters. The summed E-state index contributed by atoms with van der Waals surface area (Å²) < 4.78 is 34.0. The molecule has 0 amide bonds. The van der Waals surface area contributed by atoms with Gasteiger partial charge < -0.3 is 27.9 Å². The van der Waals surface area contributed by atoms with E-state index in [0.29, 0.717) is 23.9 Å². The van der Waals surface area contributed by atoms with Gasteiger partial charge in [0.1, 0.15) is 19.8 Å². The molecule has 0 aromatic heterocycles. The molecule has 9 nitrogen and oxygen atoms in total. The maximum atomic E-state index is 13.0. The Hall–Kier alpha value is -0.990. The predicted octanol–water partition coefficient (Wildman–Crippen LogP) is 8.13. The molecule has 2 atom stereocenters. The molecule has 0 bridgehead atoms. The zero-order valence-electron chi connectivity index (χ0n) is 29.3. The molecule has 0 heterocycles. The molecule has 10 heteroatoms. The first-order valence-electron chi connectivity index (χ1n) is 17.7. The Labute approximate surface area is 270 Å². The van der Waals surface area contributed by atoms with Crippen LogP contribution in [0.2, 0.25) is 0 Å². The summed E-state index contributed by atoms with van der Waals surface area (Å²) in [5, 5.41) is 0. The maximum absolute atomic E-state index is 13.0. The standard InChI is InChI=1S/C34H68NO8P/c1-7-10-13-14-15-16-17-18-19-20-21-22-23-26-33(36)40-29-32(30-42-44(38,39)41-28-27-35(4,5)6)43-34(37)31(24-11-8-2)25-12-9-3/h31-32H,7-30H2,1-6H3/t32-/m1/s1. The summed E-state index contributed by atoms with van der Waals surface area (Å²) in [6.07, 6.45) is 20.3. The molecular weight excluding hydrogens is 581 g/mol. The number of phosphoric ester groups is 1. The normalized spacial score (nSPS) is 14.0. The number of carbonyl (C=O) groups is 2. The number of ether oxygens (including phenoxy) is 2. The molecule has 0 radical (unpaired) electrons. The average Bonchev–Trinajstić information content (AvgIpc) is 2.96. The average molecular weight is 650 g/mol. The lowest BCUT2D eigenvalue weighted by molar-refractivity contribution is -0.870. The minimum absolute atomic E-state index is 0.0288. The third-order valence-corrected chi connectivity index (χ3v) is 8.74. The van der Waals surface area contributed by atoms with Gasteiger partial charge in [-0.2, -0.15) is 0 Å². The van der Waals surface area contributed by atoms with E-state index < -0.39 is 26.5 Å². The number of hydrogen-bond acceptors (Lipinski definition) is 8. The number of likely N-dealkylation sites (N-methyl/N-ethyl adjacent to an activating group) is 1. The smallest absolute Gasteiger partial charge is 0.309 e. The fourth-order valence-electron chi connectivity index (χ4n) is 4.84. The molecule has 0 fully saturated rings. The summed E-state index contributed by atoms with van der Waals surface area (Å²) in [7, 11) is 1.16. The maximum Gasteiger partial charge on any atom is 0.309 e. The monoisotopic (exact) mass is 649 g/mol. The second kappa shape index (κ2) is 27.2. The van der Waals surface area contributed by atoms with Gasteiger partial charge in [0, 0.05) is 6.42 Å². The van der Waals surface area contributed by atoms with Crippen LogP contribution in [0.4, 0.5) is 0 Å². The molecule has 0 saturated carbocycles. The SMILES string of the molecule is CCCCCCCCCCCCCCCC(=O)OC[C@H](COP(=O)([O-])OCC[N+](C)(C)C)OC(=O)C(CCCC)CCCC. The van der Waals surface area contributed by atoms with Crippen LogP contribution in [0.3, 0.4) is 0 Å². The topological polar surface area (TPSA) is 111 Å². The highest BCUT2D eigenvalue weighted by Crippen LogP contribution is 2.38. The van der Waals surface area contributed by atoms with Crippen molar-refractivity contribution in [3.8, 4) is 0 Å². The van der Waals surface area contributed by atoms with Crippen molar-refractivity contribution in [3.05, 3.63) is 0 Å². The number of esters is 2. The summed E-state index contributed by atoms with van der Waals surface area (Å²) in [6.45, 7) is 6.12. The van der Waals surface area contributed by atoms with Crippen LogP contribution in [0.15, 0.2) is 0 Å². The van der Waals surface area contributed by atoms with Crippen molar-refractivity contribution < 1.29 is 42.1 Å². The van der Waals surface area contributed by atoms with Crippen molar-refractivity contribution in [2.45, 2.75) is 155 Å². The van der Waals surface area contributed by atoms with Gasteiger partial charge >= 0.3 is 11.9 Å². The van der Waals surface area contributed by atoms with Crippen molar-refractivity contribution in [3.63, 3.8) is 0 Å². The lowest BCUT2D eigenvalue weighted by atomic mass is 9.96. The van der Waals surface area contributed by atoms with Crippen LogP contribution in [0.5, 0.6) is 0 Å². The van der Waals surface area contributed by atoms with Gasteiger partial charge in [-0.3, -0.25) is 14.2 Å². The summed E-state index contributed by atoms with van der Waals surface area (Å²) in [4.78, 5) is 37.8. The van der Waals surface area contributed by atoms with E-state index >= 15 is 0 Å². The first kappa shape index (κ1) is 43.0. The molecule has 0 aliphatic carbocycles. The number of hydrogen-bond donors (Lipinski definition) is 0. The quantitative estimate of drug-likeness (QED) is 0.0320. The molecule has 0 N–H and O–H groups in total. The zero-order valence-corrected chi connectivity index (χ0v) is 30.2. The highest BCUT2D eigenvalue weighted by atomic mass is 31.2. The number of unbranched alkanes of at least 4 members (excludes halogenated alkanes) is 14. The highest BCUT2D eigenvalue weighted by Gasteiger charge is 2.26. The van der Waals surface area contributed by atoms with Gasteiger partial charge in [-0.1, -0.05) is 124 Å². The number of carbonyl (C=O) groups excluding carboxylic acids is 2. The van der Waals surface area contributed by atoms with Crippen LogP contribution < -0.4 is 4.89 Å². The predicted molar refractivity (Wildman–Crippen MR) is 176 cm³/mol. The van der Waals surface area contributed by atoms with Crippen molar-refractivity contribution in [2.75, 3.05) is 47.5 Å². The first-order valence-corrected chi connectivity index (χ1v) is 19.2. The molecule has 0 aromatic carbocycles. The molecule has 44 heavy (non-hydrogen) atoms. The Morgan fingerprint density at radius 1 is 0.682 bits per heavy atom. The first-order chi connectivity index (χ1) is 20.9. The molecule has 0 spiro atoms. The zero-order chi connectivity index (χ0) is 33.1. The van der Waals surface area contributed by atoms with E-state index in [1.54, 1.807) is 0 Å². The third-order valence-electron chi connectivity index (χ3n) is 7.77. The fourth-order valence-corrected chi connectivity index (χ4v) is 5.57. The third kappa shape index (κ3) is 27.3. The van der Waals surface area contributed by atoms with E-state index in [1.807, 2.05) is 21.1 Å². The van der Waals surface area contributed by atoms with Gasteiger partial charge in [0.15, 0.2) is 6.10 Å². The minimum Gasteiger partial charge on any atom is -0.756 e. The largest absolute Gasteiger partial charge is 0.756 e.